The number of carbonyl (C=O) groups is 1. The molecule has 0 bridgehead atoms. The Kier molecular flexibility index (Phi) is 4.70. The molecule has 0 radical (unpaired) electrons. The molecule has 2 N–H and O–H groups in total. The fourth-order valence-corrected chi connectivity index (χ4v) is 1.46. The molecule has 1 amide bonds. The lowest BCUT2D eigenvalue weighted by atomic mass is 10.0. The van der Waals surface area contributed by atoms with Gasteiger partial charge in [-0.2, -0.15) is 0 Å². The van der Waals surface area contributed by atoms with Crippen LogP contribution in [-0.2, 0) is 4.79 Å². The Hall–Kier alpha value is -1.58. The summed E-state index contributed by atoms with van der Waals surface area (Å²) < 4.78 is 13.4. The van der Waals surface area contributed by atoms with Crippen molar-refractivity contribution in [3.63, 3.8) is 0 Å². The van der Waals surface area contributed by atoms with Crippen LogP contribution < -0.4 is 10.6 Å². The topological polar surface area (TPSA) is 41.1 Å². The lowest BCUT2D eigenvalue weighted by Gasteiger charge is -2.24. The maximum atomic E-state index is 13.4. The van der Waals surface area contributed by atoms with Crippen molar-refractivity contribution in [1.29, 1.82) is 0 Å². The fourth-order valence-electron chi connectivity index (χ4n) is 1.46. The Morgan fingerprint density at radius 1 is 1.39 bits per heavy atom. The summed E-state index contributed by atoms with van der Waals surface area (Å²) in [5, 5.41) is 5.70. The Morgan fingerprint density at radius 3 is 2.67 bits per heavy atom. The standard InChI is InChI=1S/C14H21FN2O/c1-5-14(3,4)17-13(18)9-16-12-8-10(2)6-7-11(12)15/h6-8,16H,5,9H2,1-4H3,(H,17,18). The predicted molar refractivity (Wildman–Crippen MR) is 72.1 cm³/mol. The highest BCUT2D eigenvalue weighted by Crippen LogP contribution is 2.15. The summed E-state index contributed by atoms with van der Waals surface area (Å²) in [6.07, 6.45) is 0.845. The molecule has 0 heterocycles. The van der Waals surface area contributed by atoms with Gasteiger partial charge >= 0.3 is 0 Å². The average Bonchev–Trinajstić information content (AvgIpc) is 2.30. The van der Waals surface area contributed by atoms with Crippen molar-refractivity contribution >= 4 is 11.6 Å². The molecule has 0 spiro atoms. The van der Waals surface area contributed by atoms with Crippen LogP contribution in [0.3, 0.4) is 0 Å². The molecule has 0 aliphatic carbocycles. The summed E-state index contributed by atoms with van der Waals surface area (Å²) in [6.45, 7) is 7.87. The molecule has 1 aromatic carbocycles. The van der Waals surface area contributed by atoms with E-state index >= 15 is 0 Å². The van der Waals surface area contributed by atoms with Crippen LogP contribution >= 0.6 is 0 Å². The van der Waals surface area contributed by atoms with Crippen molar-refractivity contribution in [1.82, 2.24) is 5.32 Å². The quantitative estimate of drug-likeness (QED) is 0.846. The van der Waals surface area contributed by atoms with Crippen LogP contribution in [0.15, 0.2) is 18.2 Å². The first-order valence-corrected chi connectivity index (χ1v) is 6.15. The number of anilines is 1. The summed E-state index contributed by atoms with van der Waals surface area (Å²) >= 11 is 0. The molecule has 1 aromatic rings. The van der Waals surface area contributed by atoms with Gasteiger partial charge in [-0.05, 0) is 44.9 Å². The van der Waals surface area contributed by atoms with Crippen LogP contribution in [-0.4, -0.2) is 18.0 Å². The molecule has 1 rings (SSSR count). The highest BCUT2D eigenvalue weighted by molar-refractivity contribution is 5.81. The van der Waals surface area contributed by atoms with Gasteiger partial charge in [0.2, 0.25) is 5.91 Å². The lowest BCUT2D eigenvalue weighted by molar-refractivity contribution is -0.121. The number of nitrogens with one attached hydrogen (secondary N) is 2. The number of halogens is 1. The van der Waals surface area contributed by atoms with Gasteiger partial charge in [-0.3, -0.25) is 4.79 Å². The Bertz CT molecular complexity index is 430. The summed E-state index contributed by atoms with van der Waals surface area (Å²) in [5.74, 6) is -0.481. The lowest BCUT2D eigenvalue weighted by Crippen LogP contribution is -2.45. The SMILES string of the molecule is CCC(C)(C)NC(=O)CNc1cc(C)ccc1F. The summed E-state index contributed by atoms with van der Waals surface area (Å²) in [4.78, 5) is 11.7. The Morgan fingerprint density at radius 2 is 2.06 bits per heavy atom. The number of hydrogen-bond acceptors (Lipinski definition) is 2. The molecule has 0 saturated heterocycles. The van der Waals surface area contributed by atoms with Crippen molar-refractivity contribution in [3.05, 3.63) is 29.6 Å². The first-order chi connectivity index (χ1) is 8.34. The van der Waals surface area contributed by atoms with Gasteiger partial charge in [-0.15, -0.1) is 0 Å². The van der Waals surface area contributed by atoms with Crippen LogP contribution in [0.4, 0.5) is 10.1 Å². The first kappa shape index (κ1) is 14.5. The van der Waals surface area contributed by atoms with Crippen molar-refractivity contribution in [2.75, 3.05) is 11.9 Å². The first-order valence-electron chi connectivity index (χ1n) is 6.15. The van der Waals surface area contributed by atoms with Crippen LogP contribution in [0.2, 0.25) is 0 Å². The molecule has 0 atom stereocenters. The third kappa shape index (κ3) is 4.35. The maximum Gasteiger partial charge on any atom is 0.239 e. The van der Waals surface area contributed by atoms with Crippen LogP contribution in [0.1, 0.15) is 32.8 Å². The van der Waals surface area contributed by atoms with Gasteiger partial charge in [0, 0.05) is 5.54 Å². The number of hydrogen-bond donors (Lipinski definition) is 2. The number of aryl methyl sites for hydroxylation is 1. The summed E-state index contributed by atoms with van der Waals surface area (Å²) in [7, 11) is 0. The zero-order chi connectivity index (χ0) is 13.8. The van der Waals surface area contributed by atoms with Gasteiger partial charge in [-0.25, -0.2) is 4.39 Å². The number of carbonyl (C=O) groups excluding carboxylic acids is 1. The van der Waals surface area contributed by atoms with E-state index in [2.05, 4.69) is 10.6 Å². The monoisotopic (exact) mass is 252 g/mol. The number of amides is 1. The van der Waals surface area contributed by atoms with E-state index in [1.165, 1.54) is 6.07 Å². The molecular weight excluding hydrogens is 231 g/mol. The van der Waals surface area contributed by atoms with E-state index in [0.29, 0.717) is 5.69 Å². The maximum absolute atomic E-state index is 13.4. The highest BCUT2D eigenvalue weighted by Gasteiger charge is 2.17. The minimum absolute atomic E-state index is 0.0732. The molecule has 0 saturated carbocycles. The van der Waals surface area contributed by atoms with Crippen molar-refractivity contribution in [2.45, 2.75) is 39.7 Å². The second kappa shape index (κ2) is 5.85. The largest absolute Gasteiger partial charge is 0.374 e. The van der Waals surface area contributed by atoms with E-state index < -0.39 is 0 Å². The van der Waals surface area contributed by atoms with E-state index in [0.717, 1.165) is 12.0 Å². The van der Waals surface area contributed by atoms with Crippen LogP contribution in [0, 0.1) is 12.7 Å². The van der Waals surface area contributed by atoms with Gasteiger partial charge < -0.3 is 10.6 Å². The van der Waals surface area contributed by atoms with Crippen LogP contribution in [0.25, 0.3) is 0 Å². The Labute approximate surface area is 108 Å². The zero-order valence-corrected chi connectivity index (χ0v) is 11.4. The minimum Gasteiger partial charge on any atom is -0.374 e. The second-order valence-corrected chi connectivity index (χ2v) is 5.12. The van der Waals surface area contributed by atoms with Gasteiger partial charge in [0.05, 0.1) is 12.2 Å². The molecule has 18 heavy (non-hydrogen) atoms. The summed E-state index contributed by atoms with van der Waals surface area (Å²) in [5.41, 5.74) is 1.08. The fraction of sp³-hybridized carbons (Fsp3) is 0.500. The number of benzene rings is 1. The Balaban J connectivity index is 2.55. The van der Waals surface area contributed by atoms with Gasteiger partial charge in [0.25, 0.3) is 0 Å². The smallest absolute Gasteiger partial charge is 0.239 e. The third-order valence-corrected chi connectivity index (χ3v) is 2.92. The molecule has 0 aromatic heterocycles. The van der Waals surface area contributed by atoms with Gasteiger partial charge in [0.1, 0.15) is 5.82 Å². The molecular formula is C14H21FN2O. The molecule has 0 fully saturated rings. The van der Waals surface area contributed by atoms with E-state index in [9.17, 15) is 9.18 Å². The average molecular weight is 252 g/mol. The molecule has 4 heteroatoms. The second-order valence-electron chi connectivity index (χ2n) is 5.12. The predicted octanol–water partition coefficient (Wildman–Crippen LogP) is 2.85. The zero-order valence-electron chi connectivity index (χ0n) is 11.4. The molecule has 3 nitrogen and oxygen atoms in total. The van der Waals surface area contributed by atoms with E-state index in [-0.39, 0.29) is 23.8 Å². The summed E-state index contributed by atoms with van der Waals surface area (Å²) in [6, 6.07) is 4.78. The van der Waals surface area contributed by atoms with E-state index in [1.807, 2.05) is 27.7 Å². The van der Waals surface area contributed by atoms with Crippen LogP contribution in [0.5, 0.6) is 0 Å². The molecule has 0 unspecified atom stereocenters. The third-order valence-electron chi connectivity index (χ3n) is 2.92. The van der Waals surface area contributed by atoms with Gasteiger partial charge in [-0.1, -0.05) is 13.0 Å². The van der Waals surface area contributed by atoms with Crippen molar-refractivity contribution in [2.24, 2.45) is 0 Å². The molecule has 0 aliphatic rings. The van der Waals surface area contributed by atoms with Gasteiger partial charge in [0.15, 0.2) is 0 Å². The van der Waals surface area contributed by atoms with E-state index in [1.54, 1.807) is 12.1 Å². The van der Waals surface area contributed by atoms with Crippen molar-refractivity contribution < 1.29 is 9.18 Å². The molecule has 0 aliphatic heterocycles. The van der Waals surface area contributed by atoms with E-state index in [4.69, 9.17) is 0 Å². The minimum atomic E-state index is -0.344. The number of rotatable bonds is 5. The van der Waals surface area contributed by atoms with Crippen molar-refractivity contribution in [3.8, 4) is 0 Å². The molecule has 100 valence electrons. The highest BCUT2D eigenvalue weighted by atomic mass is 19.1. The normalized spacial score (nSPS) is 11.2.